The van der Waals surface area contributed by atoms with Gasteiger partial charge in [0, 0.05) is 26.2 Å². The lowest BCUT2D eigenvalue weighted by Crippen LogP contribution is -2.32. The highest BCUT2D eigenvalue weighted by Crippen LogP contribution is 2.18. The topological polar surface area (TPSA) is 72.4 Å². The Morgan fingerprint density at radius 2 is 2.19 bits per heavy atom. The molecule has 2 rings (SSSR count). The molecule has 1 saturated heterocycles. The van der Waals surface area contributed by atoms with E-state index >= 15 is 0 Å². The predicted molar refractivity (Wildman–Crippen MR) is 82.0 cm³/mol. The standard InChI is InChI=1S/C14H25N5O2/c1-4-8-21-14-17-12(15-5-2)16-13(18-14)19-7-6-9-20-11(3)10-19/h11H,4-10H2,1-3H3,(H,15,16,17,18). The molecule has 118 valence electrons. The lowest BCUT2D eigenvalue weighted by molar-refractivity contribution is 0.0820. The van der Waals surface area contributed by atoms with Crippen LogP contribution in [-0.2, 0) is 4.74 Å². The fourth-order valence-corrected chi connectivity index (χ4v) is 2.16. The molecule has 1 unspecified atom stereocenters. The third-order valence-electron chi connectivity index (χ3n) is 3.11. The number of hydrogen-bond acceptors (Lipinski definition) is 7. The van der Waals surface area contributed by atoms with Crippen molar-refractivity contribution < 1.29 is 9.47 Å². The highest BCUT2D eigenvalue weighted by molar-refractivity contribution is 5.38. The number of nitrogens with one attached hydrogen (secondary N) is 1. The van der Waals surface area contributed by atoms with Crippen LogP contribution in [0.5, 0.6) is 6.01 Å². The summed E-state index contributed by atoms with van der Waals surface area (Å²) in [5, 5.41) is 3.13. The second kappa shape index (κ2) is 7.97. The number of ether oxygens (including phenoxy) is 2. The normalized spacial score (nSPS) is 19.2. The molecule has 1 fully saturated rings. The molecule has 1 N–H and O–H groups in total. The van der Waals surface area contributed by atoms with Gasteiger partial charge in [-0.1, -0.05) is 6.92 Å². The zero-order chi connectivity index (χ0) is 15.1. The molecule has 21 heavy (non-hydrogen) atoms. The summed E-state index contributed by atoms with van der Waals surface area (Å²) in [5.74, 6) is 1.22. The summed E-state index contributed by atoms with van der Waals surface area (Å²) in [4.78, 5) is 15.3. The highest BCUT2D eigenvalue weighted by atomic mass is 16.5. The average Bonchev–Trinajstić information content (AvgIpc) is 2.70. The summed E-state index contributed by atoms with van der Waals surface area (Å²) in [6, 6.07) is 0.385. The zero-order valence-corrected chi connectivity index (χ0v) is 13.1. The Kier molecular flexibility index (Phi) is 5.98. The van der Waals surface area contributed by atoms with E-state index in [1.807, 2.05) is 6.92 Å². The Balaban J connectivity index is 2.20. The Morgan fingerprint density at radius 3 is 2.95 bits per heavy atom. The van der Waals surface area contributed by atoms with Crippen LogP contribution in [0.4, 0.5) is 11.9 Å². The minimum atomic E-state index is 0.173. The molecule has 0 aromatic carbocycles. The van der Waals surface area contributed by atoms with Gasteiger partial charge in [0.05, 0.1) is 12.7 Å². The summed E-state index contributed by atoms with van der Waals surface area (Å²) >= 11 is 0. The van der Waals surface area contributed by atoms with Crippen LogP contribution in [0.2, 0.25) is 0 Å². The minimum Gasteiger partial charge on any atom is -0.463 e. The van der Waals surface area contributed by atoms with Crippen LogP contribution in [0, 0.1) is 0 Å². The third kappa shape index (κ3) is 4.70. The van der Waals surface area contributed by atoms with E-state index in [1.54, 1.807) is 0 Å². The van der Waals surface area contributed by atoms with Crippen LogP contribution in [0.25, 0.3) is 0 Å². The second-order valence-corrected chi connectivity index (χ2v) is 5.10. The van der Waals surface area contributed by atoms with Gasteiger partial charge < -0.3 is 19.7 Å². The number of aromatic nitrogens is 3. The molecule has 1 aromatic heterocycles. The maximum absolute atomic E-state index is 5.67. The maximum atomic E-state index is 5.67. The van der Waals surface area contributed by atoms with Crippen molar-refractivity contribution in [1.29, 1.82) is 0 Å². The smallest absolute Gasteiger partial charge is 0.323 e. The number of nitrogens with zero attached hydrogens (tertiary/aromatic N) is 4. The van der Waals surface area contributed by atoms with E-state index < -0.39 is 0 Å². The monoisotopic (exact) mass is 295 g/mol. The lowest BCUT2D eigenvalue weighted by atomic mass is 10.3. The van der Waals surface area contributed by atoms with Crippen LogP contribution >= 0.6 is 0 Å². The molecule has 0 aliphatic carbocycles. The highest BCUT2D eigenvalue weighted by Gasteiger charge is 2.19. The first-order chi connectivity index (χ1) is 10.2. The van der Waals surface area contributed by atoms with Crippen LogP contribution < -0.4 is 15.0 Å². The van der Waals surface area contributed by atoms with Crippen LogP contribution in [-0.4, -0.2) is 53.9 Å². The van der Waals surface area contributed by atoms with E-state index in [4.69, 9.17) is 9.47 Å². The fraction of sp³-hybridized carbons (Fsp3) is 0.786. The van der Waals surface area contributed by atoms with Crippen LogP contribution in [0.3, 0.4) is 0 Å². The van der Waals surface area contributed by atoms with Gasteiger partial charge in [-0.3, -0.25) is 0 Å². The summed E-state index contributed by atoms with van der Waals surface area (Å²) in [5.41, 5.74) is 0. The predicted octanol–water partition coefficient (Wildman–Crippen LogP) is 1.71. The van der Waals surface area contributed by atoms with Crippen molar-refractivity contribution in [2.24, 2.45) is 0 Å². The van der Waals surface area contributed by atoms with Crippen molar-refractivity contribution in [3.63, 3.8) is 0 Å². The Hall–Kier alpha value is -1.63. The van der Waals surface area contributed by atoms with Gasteiger partial charge in [-0.15, -0.1) is 0 Å². The minimum absolute atomic E-state index is 0.173. The Bertz CT molecular complexity index is 443. The first-order valence-corrected chi connectivity index (χ1v) is 7.72. The number of hydrogen-bond donors (Lipinski definition) is 1. The number of anilines is 2. The van der Waals surface area contributed by atoms with Crippen LogP contribution in [0.1, 0.15) is 33.6 Å². The van der Waals surface area contributed by atoms with Gasteiger partial charge >= 0.3 is 6.01 Å². The summed E-state index contributed by atoms with van der Waals surface area (Å²) < 4.78 is 11.2. The van der Waals surface area contributed by atoms with Gasteiger partial charge in [0.15, 0.2) is 0 Å². The molecular weight excluding hydrogens is 270 g/mol. The molecule has 2 heterocycles. The van der Waals surface area contributed by atoms with E-state index in [2.05, 4.69) is 39.0 Å². The molecule has 1 atom stereocenters. The molecule has 7 heteroatoms. The summed E-state index contributed by atoms with van der Waals surface area (Å²) in [7, 11) is 0. The maximum Gasteiger partial charge on any atom is 0.323 e. The molecule has 0 amide bonds. The van der Waals surface area contributed by atoms with Gasteiger partial charge in [-0.05, 0) is 26.7 Å². The van der Waals surface area contributed by atoms with E-state index in [1.165, 1.54) is 0 Å². The lowest BCUT2D eigenvalue weighted by Gasteiger charge is -2.22. The van der Waals surface area contributed by atoms with E-state index in [0.29, 0.717) is 24.5 Å². The fourth-order valence-electron chi connectivity index (χ4n) is 2.16. The largest absolute Gasteiger partial charge is 0.463 e. The molecule has 7 nitrogen and oxygen atoms in total. The molecule has 0 spiro atoms. The van der Waals surface area contributed by atoms with Crippen molar-refractivity contribution in [3.05, 3.63) is 0 Å². The molecular formula is C14H25N5O2. The van der Waals surface area contributed by atoms with E-state index in [-0.39, 0.29) is 6.10 Å². The van der Waals surface area contributed by atoms with Gasteiger partial charge in [0.25, 0.3) is 0 Å². The van der Waals surface area contributed by atoms with Crippen molar-refractivity contribution in [1.82, 2.24) is 15.0 Å². The Morgan fingerprint density at radius 1 is 1.33 bits per heavy atom. The average molecular weight is 295 g/mol. The molecule has 1 aromatic rings. The van der Waals surface area contributed by atoms with Crippen molar-refractivity contribution >= 4 is 11.9 Å². The quantitative estimate of drug-likeness (QED) is 0.856. The van der Waals surface area contributed by atoms with Gasteiger partial charge in [-0.25, -0.2) is 0 Å². The molecule has 0 saturated carbocycles. The van der Waals surface area contributed by atoms with Gasteiger partial charge in [0.1, 0.15) is 0 Å². The Labute approximate surface area is 126 Å². The molecule has 1 aliphatic rings. The second-order valence-electron chi connectivity index (χ2n) is 5.10. The molecule has 1 aliphatic heterocycles. The third-order valence-corrected chi connectivity index (χ3v) is 3.11. The first kappa shape index (κ1) is 15.8. The summed E-state index contributed by atoms with van der Waals surface area (Å²) in [6.45, 7) is 9.95. The van der Waals surface area contributed by atoms with Crippen molar-refractivity contribution in [2.45, 2.75) is 39.7 Å². The van der Waals surface area contributed by atoms with E-state index in [0.717, 1.165) is 39.1 Å². The van der Waals surface area contributed by atoms with Crippen molar-refractivity contribution in [3.8, 4) is 6.01 Å². The zero-order valence-electron chi connectivity index (χ0n) is 13.1. The number of rotatable bonds is 6. The molecule has 0 bridgehead atoms. The van der Waals surface area contributed by atoms with Crippen LogP contribution in [0.15, 0.2) is 0 Å². The van der Waals surface area contributed by atoms with Crippen molar-refractivity contribution in [2.75, 3.05) is 43.1 Å². The van der Waals surface area contributed by atoms with Gasteiger partial charge in [0.2, 0.25) is 11.9 Å². The molecule has 0 radical (unpaired) electrons. The summed E-state index contributed by atoms with van der Waals surface area (Å²) in [6.07, 6.45) is 2.07. The first-order valence-electron chi connectivity index (χ1n) is 7.72. The van der Waals surface area contributed by atoms with E-state index in [9.17, 15) is 0 Å². The van der Waals surface area contributed by atoms with Gasteiger partial charge in [-0.2, -0.15) is 15.0 Å². The SMILES string of the molecule is CCCOc1nc(NCC)nc(N2CCCOC(C)C2)n1.